The number of aliphatic carboxylic acids is 1. The van der Waals surface area contributed by atoms with E-state index in [1.165, 1.54) is 0 Å². The van der Waals surface area contributed by atoms with Crippen molar-refractivity contribution in [3.63, 3.8) is 0 Å². The largest absolute Gasteiger partial charge is 0.480 e. The lowest BCUT2D eigenvalue weighted by molar-refractivity contribution is -0.138. The number of carboxylic acids is 1. The van der Waals surface area contributed by atoms with Gasteiger partial charge in [0.15, 0.2) is 0 Å². The highest BCUT2D eigenvalue weighted by Gasteiger charge is 2.19. The van der Waals surface area contributed by atoms with Crippen molar-refractivity contribution in [2.45, 2.75) is 26.3 Å². The molecule has 0 aliphatic heterocycles. The maximum Gasteiger partial charge on any atom is 0.326 e. The molecule has 2 rings (SSSR count). The van der Waals surface area contributed by atoms with Gasteiger partial charge in [0.25, 0.3) is 0 Å². The molecular weight excluding hydrogens is 240 g/mol. The van der Waals surface area contributed by atoms with Gasteiger partial charge in [-0.15, -0.1) is 0 Å². The van der Waals surface area contributed by atoms with Gasteiger partial charge in [-0.05, 0) is 23.8 Å². The summed E-state index contributed by atoms with van der Waals surface area (Å²) in [5.41, 5.74) is 0. The van der Waals surface area contributed by atoms with Gasteiger partial charge in [-0.1, -0.05) is 38.1 Å². The molecule has 0 radical (unpaired) electrons. The van der Waals surface area contributed by atoms with E-state index in [1.807, 2.05) is 44.2 Å². The van der Waals surface area contributed by atoms with Crippen LogP contribution in [0.1, 0.15) is 20.3 Å². The number of rotatable bonds is 5. The second kappa shape index (κ2) is 5.69. The summed E-state index contributed by atoms with van der Waals surface area (Å²) in [6.45, 7) is 4.02. The molecule has 1 atom stereocenters. The lowest BCUT2D eigenvalue weighted by Gasteiger charge is -2.18. The van der Waals surface area contributed by atoms with Crippen LogP contribution in [0.25, 0.3) is 10.8 Å². The number of pyridine rings is 1. The number of anilines is 1. The Morgan fingerprint density at radius 2 is 2.05 bits per heavy atom. The molecule has 0 fully saturated rings. The van der Waals surface area contributed by atoms with Crippen molar-refractivity contribution < 1.29 is 9.90 Å². The van der Waals surface area contributed by atoms with Crippen molar-refractivity contribution in [2.24, 2.45) is 5.92 Å². The van der Waals surface area contributed by atoms with Gasteiger partial charge in [0.05, 0.1) is 0 Å². The quantitative estimate of drug-likeness (QED) is 0.864. The minimum atomic E-state index is -0.844. The highest BCUT2D eigenvalue weighted by molar-refractivity contribution is 5.93. The van der Waals surface area contributed by atoms with Gasteiger partial charge in [-0.3, -0.25) is 0 Å². The van der Waals surface area contributed by atoms with E-state index in [0.29, 0.717) is 18.2 Å². The second-order valence-corrected chi connectivity index (χ2v) is 5.05. The van der Waals surface area contributed by atoms with E-state index < -0.39 is 12.0 Å². The summed E-state index contributed by atoms with van der Waals surface area (Å²) >= 11 is 0. The molecule has 2 N–H and O–H groups in total. The first-order valence-corrected chi connectivity index (χ1v) is 6.41. The third-order valence-electron chi connectivity index (χ3n) is 2.99. The zero-order valence-corrected chi connectivity index (χ0v) is 11.1. The number of fused-ring (bicyclic) bond motifs is 1. The average Bonchev–Trinajstić information content (AvgIpc) is 2.37. The number of hydrogen-bond donors (Lipinski definition) is 2. The number of carboxylic acid groups (broad SMARTS) is 1. The Kier molecular flexibility index (Phi) is 4.00. The van der Waals surface area contributed by atoms with E-state index in [4.69, 9.17) is 0 Å². The molecule has 0 spiro atoms. The molecule has 1 aromatic carbocycles. The van der Waals surface area contributed by atoms with Crippen LogP contribution in [0.2, 0.25) is 0 Å². The van der Waals surface area contributed by atoms with Crippen LogP contribution in [0.4, 0.5) is 5.82 Å². The van der Waals surface area contributed by atoms with Crippen LogP contribution in [-0.4, -0.2) is 22.1 Å². The zero-order chi connectivity index (χ0) is 13.8. The van der Waals surface area contributed by atoms with E-state index in [-0.39, 0.29) is 0 Å². The van der Waals surface area contributed by atoms with E-state index in [2.05, 4.69) is 10.3 Å². The average molecular weight is 258 g/mol. The van der Waals surface area contributed by atoms with Gasteiger partial charge in [-0.25, -0.2) is 9.78 Å². The van der Waals surface area contributed by atoms with Gasteiger partial charge in [0, 0.05) is 11.6 Å². The van der Waals surface area contributed by atoms with E-state index in [9.17, 15) is 9.90 Å². The first-order valence-electron chi connectivity index (χ1n) is 6.41. The van der Waals surface area contributed by atoms with Crippen LogP contribution in [0, 0.1) is 5.92 Å². The van der Waals surface area contributed by atoms with Crippen molar-refractivity contribution in [3.8, 4) is 0 Å². The highest BCUT2D eigenvalue weighted by Crippen LogP contribution is 2.22. The van der Waals surface area contributed by atoms with Crippen molar-refractivity contribution in [1.29, 1.82) is 0 Å². The molecule has 4 nitrogen and oxygen atoms in total. The van der Waals surface area contributed by atoms with Crippen LogP contribution in [0.15, 0.2) is 36.5 Å². The minimum Gasteiger partial charge on any atom is -0.480 e. The standard InChI is InChI=1S/C15H18N2O2/c1-10(2)9-13(15(18)19)17-14-12-6-4-3-5-11(12)7-8-16-14/h3-8,10,13H,9H2,1-2H3,(H,16,17)(H,18,19). The molecule has 1 aromatic heterocycles. The van der Waals surface area contributed by atoms with Crippen molar-refractivity contribution in [1.82, 2.24) is 4.98 Å². The Balaban J connectivity index is 2.31. The van der Waals surface area contributed by atoms with E-state index >= 15 is 0 Å². The molecular formula is C15H18N2O2. The molecule has 19 heavy (non-hydrogen) atoms. The van der Waals surface area contributed by atoms with Crippen LogP contribution >= 0.6 is 0 Å². The molecule has 4 heteroatoms. The molecule has 0 bridgehead atoms. The maximum atomic E-state index is 11.3. The predicted molar refractivity (Wildman–Crippen MR) is 76.2 cm³/mol. The summed E-state index contributed by atoms with van der Waals surface area (Å²) in [6.07, 6.45) is 2.26. The summed E-state index contributed by atoms with van der Waals surface area (Å²) in [7, 11) is 0. The number of hydrogen-bond acceptors (Lipinski definition) is 3. The number of benzene rings is 1. The summed E-state index contributed by atoms with van der Waals surface area (Å²) in [6, 6.07) is 9.11. The van der Waals surface area contributed by atoms with E-state index in [0.717, 1.165) is 10.8 Å². The van der Waals surface area contributed by atoms with Crippen molar-refractivity contribution in [3.05, 3.63) is 36.5 Å². The summed E-state index contributed by atoms with van der Waals surface area (Å²) in [5.74, 6) is 0.0955. The van der Waals surface area contributed by atoms with Gasteiger partial charge >= 0.3 is 5.97 Å². The molecule has 0 saturated carbocycles. The molecule has 0 amide bonds. The summed E-state index contributed by atoms with van der Waals surface area (Å²) < 4.78 is 0. The first-order chi connectivity index (χ1) is 9.08. The molecule has 0 saturated heterocycles. The SMILES string of the molecule is CC(C)CC(Nc1nccc2ccccc12)C(=O)O. The van der Waals surface area contributed by atoms with Crippen LogP contribution in [-0.2, 0) is 4.79 Å². The van der Waals surface area contributed by atoms with Gasteiger partial charge in [0.1, 0.15) is 11.9 Å². The predicted octanol–water partition coefficient (Wildman–Crippen LogP) is 3.15. The van der Waals surface area contributed by atoms with Crippen LogP contribution < -0.4 is 5.32 Å². The lowest BCUT2D eigenvalue weighted by atomic mass is 10.0. The minimum absolute atomic E-state index is 0.309. The Labute approximate surface area is 112 Å². The smallest absolute Gasteiger partial charge is 0.326 e. The molecule has 1 unspecified atom stereocenters. The summed E-state index contributed by atoms with van der Waals surface area (Å²) in [4.78, 5) is 15.5. The topological polar surface area (TPSA) is 62.2 Å². The molecule has 100 valence electrons. The molecule has 2 aromatic rings. The fourth-order valence-electron chi connectivity index (χ4n) is 2.09. The number of carbonyl (C=O) groups is 1. The van der Waals surface area contributed by atoms with Crippen LogP contribution in [0.5, 0.6) is 0 Å². The third-order valence-corrected chi connectivity index (χ3v) is 2.99. The third kappa shape index (κ3) is 3.22. The normalized spacial score (nSPS) is 12.6. The highest BCUT2D eigenvalue weighted by atomic mass is 16.4. The maximum absolute atomic E-state index is 11.3. The Morgan fingerprint density at radius 3 is 2.74 bits per heavy atom. The Morgan fingerprint density at radius 1 is 1.32 bits per heavy atom. The lowest BCUT2D eigenvalue weighted by Crippen LogP contribution is -2.31. The molecule has 0 aliphatic rings. The zero-order valence-electron chi connectivity index (χ0n) is 11.1. The number of nitrogens with zero attached hydrogens (tertiary/aromatic N) is 1. The molecule has 0 aliphatic carbocycles. The van der Waals surface area contributed by atoms with Gasteiger partial charge < -0.3 is 10.4 Å². The van der Waals surface area contributed by atoms with Gasteiger partial charge in [0.2, 0.25) is 0 Å². The monoisotopic (exact) mass is 258 g/mol. The summed E-state index contributed by atoms with van der Waals surface area (Å²) in [5, 5.41) is 14.3. The second-order valence-electron chi connectivity index (χ2n) is 5.05. The van der Waals surface area contributed by atoms with Gasteiger partial charge in [-0.2, -0.15) is 0 Å². The number of aromatic nitrogens is 1. The fourth-order valence-corrected chi connectivity index (χ4v) is 2.09. The first kappa shape index (κ1) is 13.3. The van der Waals surface area contributed by atoms with Crippen LogP contribution in [0.3, 0.4) is 0 Å². The van der Waals surface area contributed by atoms with Crippen molar-refractivity contribution >= 4 is 22.6 Å². The Bertz CT molecular complexity index is 576. The number of nitrogens with one attached hydrogen (secondary N) is 1. The van der Waals surface area contributed by atoms with E-state index in [1.54, 1.807) is 6.20 Å². The fraction of sp³-hybridized carbons (Fsp3) is 0.333. The Hall–Kier alpha value is -2.10. The van der Waals surface area contributed by atoms with Crippen molar-refractivity contribution in [2.75, 3.05) is 5.32 Å². The molecule has 1 heterocycles.